The average molecular weight is 473 g/mol. The van der Waals surface area contributed by atoms with E-state index in [0.29, 0.717) is 17.7 Å². The van der Waals surface area contributed by atoms with Crippen molar-refractivity contribution in [2.24, 2.45) is 0 Å². The summed E-state index contributed by atoms with van der Waals surface area (Å²) in [6.07, 6.45) is -9.66. The molecule has 2 aromatic heterocycles. The number of aryl methyl sites for hydroxylation is 1. The van der Waals surface area contributed by atoms with Crippen LogP contribution < -0.4 is 5.32 Å². The summed E-state index contributed by atoms with van der Waals surface area (Å²) in [5.41, 5.74) is -6.87. The average Bonchev–Trinajstić information content (AvgIpc) is 3.26. The van der Waals surface area contributed by atoms with Gasteiger partial charge in [-0.05, 0) is 43.7 Å². The first-order chi connectivity index (χ1) is 15.2. The number of hydrogen-bond acceptors (Lipinski definition) is 5. The van der Waals surface area contributed by atoms with Gasteiger partial charge in [-0.25, -0.2) is 0 Å². The summed E-state index contributed by atoms with van der Waals surface area (Å²) in [5.74, 6) is -0.789. The van der Waals surface area contributed by atoms with Gasteiger partial charge in [-0.1, -0.05) is 6.07 Å². The van der Waals surface area contributed by atoms with Crippen molar-refractivity contribution < 1.29 is 36.2 Å². The summed E-state index contributed by atoms with van der Waals surface area (Å²) in [5, 5.41) is 19.5. The fourth-order valence-electron chi connectivity index (χ4n) is 3.02. The molecule has 2 heterocycles. The largest absolute Gasteiger partial charge is 0.430 e. The van der Waals surface area contributed by atoms with Crippen LogP contribution in [0.25, 0.3) is 11.3 Å². The van der Waals surface area contributed by atoms with E-state index in [-0.39, 0.29) is 17.1 Å². The van der Waals surface area contributed by atoms with Crippen molar-refractivity contribution in [1.82, 2.24) is 25.5 Å². The third-order valence-corrected chi connectivity index (χ3v) is 4.83. The number of halogens is 6. The molecule has 0 saturated carbocycles. The molecule has 0 spiro atoms. The van der Waals surface area contributed by atoms with Gasteiger partial charge in [0.2, 0.25) is 0 Å². The van der Waals surface area contributed by atoms with Crippen molar-refractivity contribution in [2.45, 2.75) is 37.8 Å². The van der Waals surface area contributed by atoms with Crippen LogP contribution in [0.15, 0.2) is 42.9 Å². The highest BCUT2D eigenvalue weighted by Gasteiger charge is 2.71. The van der Waals surface area contributed by atoms with E-state index in [1.165, 1.54) is 25.5 Å². The number of aromatic nitrogens is 4. The molecule has 0 radical (unpaired) electrons. The standard InChI is InChI=1S/C20H17F6N5O2/c1-10-3-4-15(27-8-10)12-5-13(17(32)30-11(2)16-28-9-29-31-16)7-14(6-12)18(33,19(21,22)23)20(24,25)26/h3-9,11,33H,1-2H3,(H,30,32)(H,28,29,31)/t11-/m0/s1. The Bertz CT molecular complexity index is 1110. The van der Waals surface area contributed by atoms with Gasteiger partial charge in [0, 0.05) is 22.9 Å². The first kappa shape index (κ1) is 24.2. The molecule has 3 aromatic rings. The van der Waals surface area contributed by atoms with Crippen molar-refractivity contribution in [2.75, 3.05) is 0 Å². The monoisotopic (exact) mass is 473 g/mol. The molecule has 0 unspecified atom stereocenters. The normalized spacial score (nSPS) is 13.6. The number of nitrogens with zero attached hydrogens (tertiary/aromatic N) is 3. The Kier molecular flexibility index (Phi) is 6.20. The van der Waals surface area contributed by atoms with E-state index in [4.69, 9.17) is 0 Å². The molecule has 13 heteroatoms. The summed E-state index contributed by atoms with van der Waals surface area (Å²) in [6.45, 7) is 3.16. The predicted octanol–water partition coefficient (Wildman–Crippen LogP) is 3.98. The molecule has 0 aliphatic rings. The van der Waals surface area contributed by atoms with Crippen LogP contribution in [0.1, 0.15) is 40.3 Å². The molecule has 1 amide bonds. The number of alkyl halides is 6. The molecular formula is C20H17F6N5O2. The number of nitrogens with one attached hydrogen (secondary N) is 2. The van der Waals surface area contributed by atoms with Crippen LogP contribution in [0.4, 0.5) is 26.3 Å². The van der Waals surface area contributed by atoms with Gasteiger partial charge in [-0.15, -0.1) is 10.2 Å². The van der Waals surface area contributed by atoms with Crippen LogP contribution in [-0.4, -0.2) is 43.5 Å². The Morgan fingerprint density at radius 1 is 1.09 bits per heavy atom. The number of amides is 1. The maximum atomic E-state index is 13.5. The van der Waals surface area contributed by atoms with E-state index in [0.717, 1.165) is 6.07 Å². The lowest BCUT2D eigenvalue weighted by Gasteiger charge is -2.33. The van der Waals surface area contributed by atoms with Crippen LogP contribution in [0, 0.1) is 6.92 Å². The summed E-state index contributed by atoms with van der Waals surface area (Å²) < 4.78 is 81.0. The van der Waals surface area contributed by atoms with Gasteiger partial charge < -0.3 is 15.4 Å². The zero-order valence-corrected chi connectivity index (χ0v) is 17.1. The smallest absolute Gasteiger partial charge is 0.369 e. The maximum absolute atomic E-state index is 13.5. The molecule has 33 heavy (non-hydrogen) atoms. The van der Waals surface area contributed by atoms with Crippen molar-refractivity contribution in [3.8, 4) is 11.3 Å². The van der Waals surface area contributed by atoms with E-state index in [2.05, 4.69) is 25.5 Å². The summed E-state index contributed by atoms with van der Waals surface area (Å²) >= 11 is 0. The maximum Gasteiger partial charge on any atom is 0.430 e. The van der Waals surface area contributed by atoms with Crippen molar-refractivity contribution in [3.05, 3.63) is 65.4 Å². The second-order valence-electron chi connectivity index (χ2n) is 7.30. The highest BCUT2D eigenvalue weighted by molar-refractivity contribution is 5.96. The molecule has 1 aromatic carbocycles. The first-order valence-electron chi connectivity index (χ1n) is 9.35. The number of hydrogen-bond donors (Lipinski definition) is 3. The summed E-state index contributed by atoms with van der Waals surface area (Å²) in [6, 6.07) is 4.05. The zero-order valence-electron chi connectivity index (χ0n) is 17.1. The summed E-state index contributed by atoms with van der Waals surface area (Å²) in [4.78, 5) is 19.4. The van der Waals surface area contributed by atoms with E-state index in [1.54, 1.807) is 13.0 Å². The van der Waals surface area contributed by atoms with E-state index in [1.807, 2.05) is 0 Å². The van der Waals surface area contributed by atoms with Crippen molar-refractivity contribution >= 4 is 5.91 Å². The van der Waals surface area contributed by atoms with Crippen molar-refractivity contribution in [3.63, 3.8) is 0 Å². The molecule has 0 saturated heterocycles. The van der Waals surface area contributed by atoms with Crippen LogP contribution >= 0.6 is 0 Å². The fraction of sp³-hybridized carbons (Fsp3) is 0.300. The molecule has 3 rings (SSSR count). The Morgan fingerprint density at radius 2 is 1.76 bits per heavy atom. The lowest BCUT2D eigenvalue weighted by atomic mass is 9.88. The molecular weight excluding hydrogens is 456 g/mol. The minimum absolute atomic E-state index is 0.00600. The predicted molar refractivity (Wildman–Crippen MR) is 103 cm³/mol. The fourth-order valence-corrected chi connectivity index (χ4v) is 3.02. The third kappa shape index (κ3) is 4.67. The number of pyridine rings is 1. The number of aromatic amines is 1. The van der Waals surface area contributed by atoms with Crippen LogP contribution in [0.2, 0.25) is 0 Å². The number of carbonyl (C=O) groups is 1. The summed E-state index contributed by atoms with van der Waals surface area (Å²) in [7, 11) is 0. The Morgan fingerprint density at radius 3 is 2.27 bits per heavy atom. The number of benzene rings is 1. The molecule has 7 nitrogen and oxygen atoms in total. The van der Waals surface area contributed by atoms with Gasteiger partial charge in [-0.3, -0.25) is 9.78 Å². The van der Waals surface area contributed by atoms with Crippen LogP contribution in [0.5, 0.6) is 0 Å². The quantitative estimate of drug-likeness (QED) is 0.487. The minimum atomic E-state index is -6.12. The molecule has 1 atom stereocenters. The number of carbonyl (C=O) groups excluding carboxylic acids is 1. The Balaban J connectivity index is 2.16. The highest BCUT2D eigenvalue weighted by atomic mass is 19.4. The highest BCUT2D eigenvalue weighted by Crippen LogP contribution is 2.50. The third-order valence-electron chi connectivity index (χ3n) is 4.83. The Labute approximate surface area is 182 Å². The van der Waals surface area contributed by atoms with E-state index in [9.17, 15) is 36.2 Å². The second kappa shape index (κ2) is 8.46. The van der Waals surface area contributed by atoms with Gasteiger partial charge in [-0.2, -0.15) is 26.3 Å². The minimum Gasteiger partial charge on any atom is -0.369 e. The van der Waals surface area contributed by atoms with Crippen molar-refractivity contribution in [1.29, 1.82) is 0 Å². The van der Waals surface area contributed by atoms with Gasteiger partial charge in [0.25, 0.3) is 11.5 Å². The van der Waals surface area contributed by atoms with Gasteiger partial charge in [0.05, 0.1) is 11.7 Å². The molecule has 0 fully saturated rings. The molecule has 176 valence electrons. The second-order valence-corrected chi connectivity index (χ2v) is 7.30. The number of H-pyrrole nitrogens is 1. The SMILES string of the molecule is Cc1ccc(-c2cc(C(=O)N[C@@H](C)c3nnc[nH]3)cc(C(O)(C(F)(F)F)C(F)(F)F)c2)nc1. The van der Waals surface area contributed by atoms with Gasteiger partial charge >= 0.3 is 12.4 Å². The lowest BCUT2D eigenvalue weighted by molar-refractivity contribution is -0.376. The molecule has 0 aliphatic carbocycles. The lowest BCUT2D eigenvalue weighted by Crippen LogP contribution is -2.54. The Hall–Kier alpha value is -3.48. The van der Waals surface area contributed by atoms with Gasteiger partial charge in [0.1, 0.15) is 6.33 Å². The number of rotatable bonds is 5. The zero-order chi connectivity index (χ0) is 24.6. The molecule has 0 bridgehead atoms. The van der Waals surface area contributed by atoms with E-state index < -0.39 is 41.0 Å². The molecule has 3 N–H and O–H groups in total. The topological polar surface area (TPSA) is 104 Å². The number of aliphatic hydroxyl groups is 1. The van der Waals surface area contributed by atoms with Crippen LogP contribution in [-0.2, 0) is 5.60 Å². The van der Waals surface area contributed by atoms with Gasteiger partial charge in [0.15, 0.2) is 5.82 Å². The first-order valence-corrected chi connectivity index (χ1v) is 9.35. The molecule has 0 aliphatic heterocycles. The van der Waals surface area contributed by atoms with Crippen LogP contribution in [0.3, 0.4) is 0 Å². The van der Waals surface area contributed by atoms with E-state index >= 15 is 0 Å².